The van der Waals surface area contributed by atoms with Gasteiger partial charge in [0.25, 0.3) is 5.56 Å². The van der Waals surface area contributed by atoms with Gasteiger partial charge in [-0.1, -0.05) is 12.8 Å². The Hall–Kier alpha value is -1.62. The number of aromatic carboxylic acids is 1. The van der Waals surface area contributed by atoms with E-state index in [1.807, 2.05) is 13.8 Å². The van der Waals surface area contributed by atoms with Crippen molar-refractivity contribution in [2.24, 2.45) is 0 Å². The highest BCUT2D eigenvalue weighted by atomic mass is 32.1. The number of carbonyl (C=O) groups is 1. The van der Waals surface area contributed by atoms with E-state index in [2.05, 4.69) is 0 Å². The van der Waals surface area contributed by atoms with E-state index in [-0.39, 0.29) is 17.3 Å². The number of carboxylic acids is 1. The van der Waals surface area contributed by atoms with Gasteiger partial charge in [0.2, 0.25) is 0 Å². The molecular formula is C15H17NO3S. The van der Waals surface area contributed by atoms with Gasteiger partial charge in [-0.3, -0.25) is 9.36 Å². The third-order valence-electron chi connectivity index (χ3n) is 4.28. The van der Waals surface area contributed by atoms with Crippen LogP contribution in [0.3, 0.4) is 0 Å². The number of hydrogen-bond donors (Lipinski definition) is 1. The second-order valence-corrected chi connectivity index (χ2v) is 6.73. The summed E-state index contributed by atoms with van der Waals surface area (Å²) in [6, 6.07) is 1.71. The van der Waals surface area contributed by atoms with Gasteiger partial charge in [0.1, 0.15) is 5.69 Å². The summed E-state index contributed by atoms with van der Waals surface area (Å²) in [7, 11) is 0. The van der Waals surface area contributed by atoms with Gasteiger partial charge >= 0.3 is 5.97 Å². The van der Waals surface area contributed by atoms with Gasteiger partial charge in [0, 0.05) is 15.6 Å². The number of nitrogens with zero attached hydrogens (tertiary/aromatic N) is 1. The lowest BCUT2D eigenvalue weighted by atomic mass is 10.1. The summed E-state index contributed by atoms with van der Waals surface area (Å²) in [5.74, 6) is -1.01. The second kappa shape index (κ2) is 4.74. The highest BCUT2D eigenvalue weighted by Crippen LogP contribution is 2.33. The molecule has 106 valence electrons. The summed E-state index contributed by atoms with van der Waals surface area (Å²) in [4.78, 5) is 25.4. The number of aryl methyl sites for hydroxylation is 2. The van der Waals surface area contributed by atoms with Crippen molar-refractivity contribution in [2.75, 3.05) is 0 Å². The Labute approximate surface area is 120 Å². The summed E-state index contributed by atoms with van der Waals surface area (Å²) < 4.78 is 2.31. The number of pyridine rings is 1. The summed E-state index contributed by atoms with van der Waals surface area (Å²) in [5, 5.41) is 10.1. The highest BCUT2D eigenvalue weighted by Gasteiger charge is 2.25. The molecule has 2 aromatic heterocycles. The summed E-state index contributed by atoms with van der Waals surface area (Å²) in [6.45, 7) is 3.91. The van der Waals surface area contributed by atoms with Crippen LogP contribution in [0.1, 0.15) is 52.7 Å². The molecule has 0 atom stereocenters. The molecule has 1 fully saturated rings. The molecule has 0 saturated heterocycles. The average Bonchev–Trinajstić information content (AvgIpc) is 2.99. The van der Waals surface area contributed by atoms with Crippen LogP contribution >= 0.6 is 11.3 Å². The molecule has 0 spiro atoms. The molecule has 5 heteroatoms. The Kier molecular flexibility index (Phi) is 3.17. The first-order valence-electron chi connectivity index (χ1n) is 6.89. The molecule has 1 saturated carbocycles. The third-order valence-corrected chi connectivity index (χ3v) is 5.44. The Morgan fingerprint density at radius 1 is 1.35 bits per heavy atom. The molecule has 0 amide bonds. The predicted octanol–water partition coefficient (Wildman–Crippen LogP) is 3.49. The Bertz CT molecular complexity index is 751. The van der Waals surface area contributed by atoms with E-state index in [0.717, 1.165) is 40.8 Å². The van der Waals surface area contributed by atoms with Gasteiger partial charge in [0.15, 0.2) is 0 Å². The van der Waals surface area contributed by atoms with Crippen LogP contribution in [-0.2, 0) is 0 Å². The maximum Gasteiger partial charge on any atom is 0.352 e. The quantitative estimate of drug-likeness (QED) is 0.921. The van der Waals surface area contributed by atoms with Crippen molar-refractivity contribution in [3.63, 3.8) is 0 Å². The number of carboxylic acid groups (broad SMARTS) is 1. The zero-order chi connectivity index (χ0) is 14.4. The van der Waals surface area contributed by atoms with Crippen LogP contribution in [0, 0.1) is 13.8 Å². The lowest BCUT2D eigenvalue weighted by molar-refractivity contribution is 0.0681. The fourth-order valence-electron chi connectivity index (χ4n) is 3.13. The highest BCUT2D eigenvalue weighted by molar-refractivity contribution is 7.19. The van der Waals surface area contributed by atoms with Crippen LogP contribution in [0.15, 0.2) is 10.9 Å². The lowest BCUT2D eigenvalue weighted by Crippen LogP contribution is -2.28. The van der Waals surface area contributed by atoms with Gasteiger partial charge in [-0.25, -0.2) is 4.79 Å². The number of fused-ring (bicyclic) bond motifs is 1. The molecule has 2 heterocycles. The summed E-state index contributed by atoms with van der Waals surface area (Å²) in [6.07, 6.45) is 3.92. The smallest absolute Gasteiger partial charge is 0.352 e. The number of thiophene rings is 1. The van der Waals surface area contributed by atoms with Crippen molar-refractivity contribution >= 4 is 27.4 Å². The third kappa shape index (κ3) is 1.88. The summed E-state index contributed by atoms with van der Waals surface area (Å²) in [5.41, 5.74) is 0.989. The van der Waals surface area contributed by atoms with Crippen molar-refractivity contribution < 1.29 is 9.90 Å². The average molecular weight is 291 g/mol. The molecule has 4 nitrogen and oxygen atoms in total. The summed E-state index contributed by atoms with van der Waals surface area (Å²) >= 11 is 1.50. The predicted molar refractivity (Wildman–Crippen MR) is 80.0 cm³/mol. The number of aromatic nitrogens is 1. The standard InChI is InChI=1S/C15H17NO3S/c1-8-9(2)20-12-7-11(15(18)19)16(14(17)13(8)12)10-5-3-4-6-10/h7,10H,3-6H2,1-2H3,(H,18,19). The number of rotatable bonds is 2. The fourth-order valence-corrected chi connectivity index (χ4v) is 4.23. The molecule has 2 aromatic rings. The van der Waals surface area contributed by atoms with Crippen LogP contribution in [0.2, 0.25) is 0 Å². The molecule has 0 unspecified atom stereocenters. The largest absolute Gasteiger partial charge is 0.477 e. The van der Waals surface area contributed by atoms with E-state index in [1.165, 1.54) is 15.9 Å². The van der Waals surface area contributed by atoms with E-state index in [9.17, 15) is 14.7 Å². The normalized spacial score (nSPS) is 16.1. The van der Waals surface area contributed by atoms with E-state index in [0.29, 0.717) is 5.39 Å². The zero-order valence-corrected chi connectivity index (χ0v) is 12.4. The molecular weight excluding hydrogens is 274 g/mol. The van der Waals surface area contributed by atoms with Crippen LogP contribution in [0.25, 0.3) is 10.1 Å². The van der Waals surface area contributed by atoms with Crippen molar-refractivity contribution in [3.8, 4) is 0 Å². The Morgan fingerprint density at radius 2 is 2.00 bits per heavy atom. The molecule has 1 aliphatic carbocycles. The topological polar surface area (TPSA) is 59.3 Å². The van der Waals surface area contributed by atoms with Crippen LogP contribution in [0.4, 0.5) is 0 Å². The second-order valence-electron chi connectivity index (χ2n) is 5.47. The molecule has 0 aromatic carbocycles. The first-order valence-corrected chi connectivity index (χ1v) is 7.71. The monoisotopic (exact) mass is 291 g/mol. The van der Waals surface area contributed by atoms with E-state index < -0.39 is 5.97 Å². The maximum absolute atomic E-state index is 12.8. The van der Waals surface area contributed by atoms with Crippen LogP contribution < -0.4 is 5.56 Å². The van der Waals surface area contributed by atoms with E-state index in [1.54, 1.807) is 6.07 Å². The maximum atomic E-state index is 12.8. The first kappa shape index (κ1) is 13.4. The van der Waals surface area contributed by atoms with Crippen molar-refractivity contribution in [1.29, 1.82) is 0 Å². The molecule has 1 N–H and O–H groups in total. The lowest BCUT2D eigenvalue weighted by Gasteiger charge is -2.17. The van der Waals surface area contributed by atoms with Gasteiger partial charge < -0.3 is 5.11 Å². The molecule has 0 radical (unpaired) electrons. The molecule has 1 aliphatic rings. The fraction of sp³-hybridized carbons (Fsp3) is 0.467. The van der Waals surface area contributed by atoms with E-state index >= 15 is 0 Å². The van der Waals surface area contributed by atoms with Gasteiger partial charge in [-0.05, 0) is 38.3 Å². The Morgan fingerprint density at radius 3 is 2.60 bits per heavy atom. The van der Waals surface area contributed by atoms with Crippen LogP contribution in [0.5, 0.6) is 0 Å². The molecule has 0 aliphatic heterocycles. The molecule has 3 rings (SSSR count). The molecule has 0 bridgehead atoms. The van der Waals surface area contributed by atoms with Crippen LogP contribution in [-0.4, -0.2) is 15.6 Å². The van der Waals surface area contributed by atoms with Crippen molar-refractivity contribution in [3.05, 3.63) is 32.6 Å². The van der Waals surface area contributed by atoms with Crippen molar-refractivity contribution in [2.45, 2.75) is 45.6 Å². The van der Waals surface area contributed by atoms with Gasteiger partial charge in [0.05, 0.1) is 5.39 Å². The minimum Gasteiger partial charge on any atom is -0.477 e. The minimum absolute atomic E-state index is 0.0395. The first-order chi connectivity index (χ1) is 9.50. The van der Waals surface area contributed by atoms with E-state index in [4.69, 9.17) is 0 Å². The number of hydrogen-bond acceptors (Lipinski definition) is 3. The molecule has 20 heavy (non-hydrogen) atoms. The van der Waals surface area contributed by atoms with Gasteiger partial charge in [-0.2, -0.15) is 0 Å². The van der Waals surface area contributed by atoms with Gasteiger partial charge in [-0.15, -0.1) is 11.3 Å². The zero-order valence-electron chi connectivity index (χ0n) is 11.6. The Balaban J connectivity index is 2.37. The van der Waals surface area contributed by atoms with Crippen molar-refractivity contribution in [1.82, 2.24) is 4.57 Å². The minimum atomic E-state index is -1.01. The SMILES string of the molecule is Cc1sc2cc(C(=O)O)n(C3CCCC3)c(=O)c2c1C.